The average Bonchev–Trinajstić information content (AvgIpc) is 2.74. The van der Waals surface area contributed by atoms with E-state index in [9.17, 15) is 0 Å². The van der Waals surface area contributed by atoms with E-state index in [1.165, 1.54) is 142 Å². The van der Waals surface area contributed by atoms with Gasteiger partial charge < -0.3 is 9.80 Å². The first-order valence-electron chi connectivity index (χ1n) is 13.3. The highest BCUT2D eigenvalue weighted by Crippen LogP contribution is 2.25. The van der Waals surface area contributed by atoms with Gasteiger partial charge in [-0.05, 0) is 83.6 Å². The zero-order chi connectivity index (χ0) is 19.9. The van der Waals surface area contributed by atoms with Crippen molar-refractivity contribution in [2.75, 3.05) is 32.7 Å². The Morgan fingerprint density at radius 1 is 0.643 bits per heavy atom. The molecule has 0 saturated carbocycles. The largest absolute Gasteiger partial charge is 0.303 e. The van der Waals surface area contributed by atoms with Crippen LogP contribution in [0.5, 0.6) is 0 Å². The predicted molar refractivity (Wildman–Crippen MR) is 125 cm³/mol. The van der Waals surface area contributed by atoms with Crippen LogP contribution in [0.1, 0.15) is 123 Å². The molecule has 2 heteroatoms. The molecule has 166 valence electrons. The Morgan fingerprint density at radius 3 is 1.96 bits per heavy atom. The number of likely N-dealkylation sites (tertiary alicyclic amines) is 2. The minimum Gasteiger partial charge on any atom is -0.303 e. The lowest BCUT2D eigenvalue weighted by Crippen LogP contribution is -2.40. The quantitative estimate of drug-likeness (QED) is 0.270. The van der Waals surface area contributed by atoms with Crippen LogP contribution in [-0.4, -0.2) is 48.6 Å². The van der Waals surface area contributed by atoms with Crippen LogP contribution in [0.15, 0.2) is 0 Å². The van der Waals surface area contributed by atoms with Gasteiger partial charge in [0.25, 0.3) is 0 Å². The number of rotatable bonds is 15. The zero-order valence-electron chi connectivity index (χ0n) is 19.6. The molecule has 2 nitrogen and oxygen atoms in total. The Balaban J connectivity index is 1.62. The van der Waals surface area contributed by atoms with Crippen LogP contribution in [0.4, 0.5) is 0 Å². The normalized spacial score (nSPS) is 21.6. The number of nitrogens with zero attached hydrogens (tertiary/aromatic N) is 2. The van der Waals surface area contributed by atoms with Crippen molar-refractivity contribution in [3.63, 3.8) is 0 Å². The zero-order valence-corrected chi connectivity index (χ0v) is 19.6. The van der Waals surface area contributed by atoms with E-state index in [4.69, 9.17) is 0 Å². The van der Waals surface area contributed by atoms with E-state index in [1.807, 2.05) is 0 Å². The second-order valence-corrected chi connectivity index (χ2v) is 10.0. The van der Waals surface area contributed by atoms with Gasteiger partial charge in [-0.2, -0.15) is 0 Å². The number of hydrogen-bond acceptors (Lipinski definition) is 2. The molecule has 0 aromatic heterocycles. The maximum absolute atomic E-state index is 2.87. The van der Waals surface area contributed by atoms with Gasteiger partial charge in [0.15, 0.2) is 0 Å². The third-order valence-electron chi connectivity index (χ3n) is 7.34. The van der Waals surface area contributed by atoms with Crippen LogP contribution in [0.25, 0.3) is 0 Å². The van der Waals surface area contributed by atoms with Gasteiger partial charge in [-0.1, -0.05) is 78.1 Å². The maximum atomic E-state index is 2.87. The third kappa shape index (κ3) is 10.6. The van der Waals surface area contributed by atoms with Crippen LogP contribution in [-0.2, 0) is 0 Å². The molecule has 0 aliphatic carbocycles. The fraction of sp³-hybridized carbons (Fsp3) is 1.00. The monoisotopic (exact) mass is 392 g/mol. The average molecular weight is 393 g/mol. The summed E-state index contributed by atoms with van der Waals surface area (Å²) >= 11 is 0. The second-order valence-electron chi connectivity index (χ2n) is 10.0. The second kappa shape index (κ2) is 15.7. The van der Waals surface area contributed by atoms with Crippen LogP contribution in [0.3, 0.4) is 0 Å². The Kier molecular flexibility index (Phi) is 13.6. The fourth-order valence-corrected chi connectivity index (χ4v) is 5.49. The lowest BCUT2D eigenvalue weighted by molar-refractivity contribution is 0.130. The molecule has 28 heavy (non-hydrogen) atoms. The summed E-state index contributed by atoms with van der Waals surface area (Å²) in [6.45, 7) is 11.7. The van der Waals surface area contributed by atoms with Crippen molar-refractivity contribution in [2.45, 2.75) is 129 Å². The SMILES string of the molecule is CCCCCCCCC(CC(C)CCCCN1CCCCC1)N1CCCCC1. The summed E-state index contributed by atoms with van der Waals surface area (Å²) in [5.41, 5.74) is 0. The molecule has 2 unspecified atom stereocenters. The predicted octanol–water partition coefficient (Wildman–Crippen LogP) is 7.27. The van der Waals surface area contributed by atoms with Gasteiger partial charge in [0, 0.05) is 6.04 Å². The van der Waals surface area contributed by atoms with Crippen LogP contribution < -0.4 is 0 Å². The van der Waals surface area contributed by atoms with Crippen molar-refractivity contribution >= 4 is 0 Å². The molecular weight excluding hydrogens is 340 g/mol. The van der Waals surface area contributed by atoms with Gasteiger partial charge in [0.05, 0.1) is 0 Å². The topological polar surface area (TPSA) is 6.48 Å². The Hall–Kier alpha value is -0.0800. The van der Waals surface area contributed by atoms with E-state index in [0.717, 1.165) is 12.0 Å². The van der Waals surface area contributed by atoms with Crippen molar-refractivity contribution in [3.05, 3.63) is 0 Å². The number of piperidine rings is 2. The summed E-state index contributed by atoms with van der Waals surface area (Å²) in [6.07, 6.45) is 24.6. The lowest BCUT2D eigenvalue weighted by Gasteiger charge is -2.36. The van der Waals surface area contributed by atoms with E-state index in [2.05, 4.69) is 23.6 Å². The summed E-state index contributed by atoms with van der Waals surface area (Å²) in [6, 6.07) is 0.878. The molecule has 0 aromatic carbocycles. The summed E-state index contributed by atoms with van der Waals surface area (Å²) in [5.74, 6) is 0.911. The highest BCUT2D eigenvalue weighted by molar-refractivity contribution is 4.77. The van der Waals surface area contributed by atoms with Crippen LogP contribution in [0, 0.1) is 5.92 Å². The fourth-order valence-electron chi connectivity index (χ4n) is 5.49. The Labute approximate surface area is 177 Å². The van der Waals surface area contributed by atoms with E-state index in [1.54, 1.807) is 0 Å². The van der Waals surface area contributed by atoms with E-state index in [0.29, 0.717) is 0 Å². The summed E-state index contributed by atoms with van der Waals surface area (Å²) < 4.78 is 0. The first-order valence-corrected chi connectivity index (χ1v) is 13.3. The minimum atomic E-state index is 0.878. The molecule has 0 amide bonds. The Bertz CT molecular complexity index is 344. The smallest absolute Gasteiger partial charge is 0.00977 e. The molecule has 2 rings (SSSR count). The van der Waals surface area contributed by atoms with Gasteiger partial charge in [-0.15, -0.1) is 0 Å². The maximum Gasteiger partial charge on any atom is 0.00977 e. The molecule has 2 heterocycles. The van der Waals surface area contributed by atoms with Crippen LogP contribution in [0.2, 0.25) is 0 Å². The molecule has 0 radical (unpaired) electrons. The molecule has 0 spiro atoms. The van der Waals surface area contributed by atoms with Gasteiger partial charge >= 0.3 is 0 Å². The molecule has 2 saturated heterocycles. The highest BCUT2D eigenvalue weighted by atomic mass is 15.2. The van der Waals surface area contributed by atoms with E-state index < -0.39 is 0 Å². The molecular formula is C26H52N2. The van der Waals surface area contributed by atoms with Gasteiger partial charge in [-0.3, -0.25) is 0 Å². The molecule has 2 atom stereocenters. The molecule has 0 N–H and O–H groups in total. The lowest BCUT2D eigenvalue weighted by atomic mass is 9.91. The van der Waals surface area contributed by atoms with Gasteiger partial charge in [0.2, 0.25) is 0 Å². The van der Waals surface area contributed by atoms with E-state index in [-0.39, 0.29) is 0 Å². The van der Waals surface area contributed by atoms with Gasteiger partial charge in [0.1, 0.15) is 0 Å². The highest BCUT2D eigenvalue weighted by Gasteiger charge is 2.22. The van der Waals surface area contributed by atoms with Gasteiger partial charge in [-0.25, -0.2) is 0 Å². The van der Waals surface area contributed by atoms with E-state index >= 15 is 0 Å². The first-order chi connectivity index (χ1) is 13.8. The third-order valence-corrected chi connectivity index (χ3v) is 7.34. The summed E-state index contributed by atoms with van der Waals surface area (Å²) in [7, 11) is 0. The number of unbranched alkanes of at least 4 members (excludes halogenated alkanes) is 6. The summed E-state index contributed by atoms with van der Waals surface area (Å²) in [4.78, 5) is 5.59. The molecule has 2 fully saturated rings. The van der Waals surface area contributed by atoms with Crippen molar-refractivity contribution in [1.82, 2.24) is 9.80 Å². The van der Waals surface area contributed by atoms with Crippen molar-refractivity contribution in [3.8, 4) is 0 Å². The molecule has 0 aromatic rings. The number of hydrogen-bond donors (Lipinski definition) is 0. The molecule has 2 aliphatic heterocycles. The minimum absolute atomic E-state index is 0.878. The standard InChI is InChI=1S/C26H52N2/c1-3-4-5-6-7-10-18-26(28-22-14-9-15-23-28)24-25(2)17-11-16-21-27-19-12-8-13-20-27/h25-26H,3-24H2,1-2H3. The van der Waals surface area contributed by atoms with Crippen LogP contribution >= 0.6 is 0 Å². The van der Waals surface area contributed by atoms with Crippen molar-refractivity contribution in [1.29, 1.82) is 0 Å². The van der Waals surface area contributed by atoms with Crippen molar-refractivity contribution < 1.29 is 0 Å². The first kappa shape index (κ1) is 24.2. The Morgan fingerprint density at radius 2 is 1.25 bits per heavy atom. The summed E-state index contributed by atoms with van der Waals surface area (Å²) in [5, 5.41) is 0. The molecule has 2 aliphatic rings. The molecule has 0 bridgehead atoms. The van der Waals surface area contributed by atoms with Crippen molar-refractivity contribution in [2.24, 2.45) is 5.92 Å².